The third kappa shape index (κ3) is 4.76. The lowest BCUT2D eigenvalue weighted by molar-refractivity contribution is 0.102. The standard InChI is InChI=1S/C21H21N3O3/c1-3-26-16-9-11-18(12-10-16)27-17-7-5-15(6-8-17)24-21(25)19-13-4-14(2)23-20(19)22/h4-13H,3H2,1-2H3,(H2,22,23)(H,24,25). The summed E-state index contributed by atoms with van der Waals surface area (Å²) in [6, 6.07) is 17.9. The van der Waals surface area contributed by atoms with Crippen molar-refractivity contribution in [2.75, 3.05) is 17.7 Å². The Morgan fingerprint density at radius 3 is 2.15 bits per heavy atom. The smallest absolute Gasteiger partial charge is 0.259 e. The molecular formula is C21H21N3O3. The lowest BCUT2D eigenvalue weighted by Crippen LogP contribution is -2.15. The number of aromatic nitrogens is 1. The fourth-order valence-electron chi connectivity index (χ4n) is 2.48. The Morgan fingerprint density at radius 2 is 1.56 bits per heavy atom. The number of carbonyl (C=O) groups excluding carboxylic acids is 1. The molecule has 0 atom stereocenters. The Morgan fingerprint density at radius 1 is 0.963 bits per heavy atom. The van der Waals surface area contributed by atoms with Crippen molar-refractivity contribution >= 4 is 17.4 Å². The average Bonchev–Trinajstić information content (AvgIpc) is 2.65. The van der Waals surface area contributed by atoms with Crippen LogP contribution in [0.15, 0.2) is 60.7 Å². The number of aryl methyl sites for hydroxylation is 1. The van der Waals surface area contributed by atoms with E-state index in [4.69, 9.17) is 15.2 Å². The SMILES string of the molecule is CCOc1ccc(Oc2ccc(NC(=O)c3ccc(C)nc3N)cc2)cc1. The second-order valence-corrected chi connectivity index (χ2v) is 5.87. The number of pyridine rings is 1. The second-order valence-electron chi connectivity index (χ2n) is 5.87. The summed E-state index contributed by atoms with van der Waals surface area (Å²) in [6.07, 6.45) is 0. The van der Waals surface area contributed by atoms with E-state index in [1.807, 2.05) is 38.1 Å². The highest BCUT2D eigenvalue weighted by molar-refractivity contribution is 6.07. The summed E-state index contributed by atoms with van der Waals surface area (Å²) in [5.41, 5.74) is 7.56. The molecule has 3 aromatic rings. The molecule has 6 heteroatoms. The van der Waals surface area contributed by atoms with E-state index < -0.39 is 0 Å². The van der Waals surface area contributed by atoms with Gasteiger partial charge >= 0.3 is 0 Å². The number of nitrogen functional groups attached to an aromatic ring is 1. The van der Waals surface area contributed by atoms with Gasteiger partial charge in [-0.05, 0) is 74.5 Å². The summed E-state index contributed by atoms with van der Waals surface area (Å²) in [7, 11) is 0. The average molecular weight is 363 g/mol. The molecule has 6 nitrogen and oxygen atoms in total. The molecule has 0 aliphatic carbocycles. The highest BCUT2D eigenvalue weighted by Crippen LogP contribution is 2.25. The van der Waals surface area contributed by atoms with E-state index in [1.54, 1.807) is 36.4 Å². The van der Waals surface area contributed by atoms with E-state index >= 15 is 0 Å². The van der Waals surface area contributed by atoms with Gasteiger partial charge in [0.2, 0.25) is 0 Å². The quantitative estimate of drug-likeness (QED) is 0.677. The Hall–Kier alpha value is -3.54. The van der Waals surface area contributed by atoms with Crippen molar-refractivity contribution in [3.05, 3.63) is 71.9 Å². The van der Waals surface area contributed by atoms with Gasteiger partial charge in [-0.15, -0.1) is 0 Å². The number of ether oxygens (including phenoxy) is 2. The van der Waals surface area contributed by atoms with Gasteiger partial charge in [-0.2, -0.15) is 0 Å². The number of anilines is 2. The first-order chi connectivity index (χ1) is 13.0. The molecule has 1 heterocycles. The highest BCUT2D eigenvalue weighted by Gasteiger charge is 2.11. The highest BCUT2D eigenvalue weighted by atomic mass is 16.5. The lowest BCUT2D eigenvalue weighted by atomic mass is 10.2. The van der Waals surface area contributed by atoms with Gasteiger partial charge in [-0.3, -0.25) is 4.79 Å². The van der Waals surface area contributed by atoms with E-state index in [0.29, 0.717) is 29.4 Å². The molecular weight excluding hydrogens is 342 g/mol. The van der Waals surface area contributed by atoms with Crippen LogP contribution < -0.4 is 20.5 Å². The van der Waals surface area contributed by atoms with E-state index in [1.165, 1.54) is 0 Å². The van der Waals surface area contributed by atoms with E-state index in [2.05, 4.69) is 10.3 Å². The second kappa shape index (κ2) is 8.23. The summed E-state index contributed by atoms with van der Waals surface area (Å²) in [4.78, 5) is 16.4. The maximum atomic E-state index is 12.3. The fraction of sp³-hybridized carbons (Fsp3) is 0.143. The summed E-state index contributed by atoms with van der Waals surface area (Å²) in [5, 5.41) is 2.80. The van der Waals surface area contributed by atoms with Crippen molar-refractivity contribution < 1.29 is 14.3 Å². The first-order valence-corrected chi connectivity index (χ1v) is 8.60. The Balaban J connectivity index is 1.63. The minimum atomic E-state index is -0.305. The third-order valence-electron chi connectivity index (χ3n) is 3.79. The van der Waals surface area contributed by atoms with E-state index in [-0.39, 0.29) is 11.7 Å². The van der Waals surface area contributed by atoms with Gasteiger partial charge in [0.1, 0.15) is 23.1 Å². The van der Waals surface area contributed by atoms with Crippen LogP contribution in [0.5, 0.6) is 17.2 Å². The number of nitrogens with two attached hydrogens (primary N) is 1. The van der Waals surface area contributed by atoms with Gasteiger partial charge in [0.05, 0.1) is 12.2 Å². The zero-order valence-corrected chi connectivity index (χ0v) is 15.2. The number of rotatable bonds is 6. The van der Waals surface area contributed by atoms with Crippen LogP contribution in [0.3, 0.4) is 0 Å². The van der Waals surface area contributed by atoms with Crippen LogP contribution >= 0.6 is 0 Å². The molecule has 0 saturated heterocycles. The Labute approximate surface area is 158 Å². The summed E-state index contributed by atoms with van der Waals surface area (Å²) in [6.45, 7) is 4.38. The van der Waals surface area contributed by atoms with Crippen molar-refractivity contribution in [3.8, 4) is 17.2 Å². The van der Waals surface area contributed by atoms with Gasteiger partial charge < -0.3 is 20.5 Å². The normalized spacial score (nSPS) is 10.3. The van der Waals surface area contributed by atoms with E-state index in [0.717, 1.165) is 11.4 Å². The van der Waals surface area contributed by atoms with E-state index in [9.17, 15) is 4.79 Å². The molecule has 1 amide bonds. The number of amides is 1. The van der Waals surface area contributed by atoms with Crippen LogP contribution in [-0.4, -0.2) is 17.5 Å². The van der Waals surface area contributed by atoms with Gasteiger partial charge in [0.15, 0.2) is 0 Å². The third-order valence-corrected chi connectivity index (χ3v) is 3.79. The molecule has 3 N–H and O–H groups in total. The van der Waals surface area contributed by atoms with Crippen molar-refractivity contribution in [2.24, 2.45) is 0 Å². The maximum absolute atomic E-state index is 12.3. The Kier molecular flexibility index (Phi) is 5.56. The topological polar surface area (TPSA) is 86.5 Å². The molecule has 0 aliphatic rings. The Bertz CT molecular complexity index is 922. The minimum absolute atomic E-state index is 0.211. The van der Waals surface area contributed by atoms with Gasteiger partial charge in [0, 0.05) is 11.4 Å². The van der Waals surface area contributed by atoms with Crippen molar-refractivity contribution in [2.45, 2.75) is 13.8 Å². The zero-order valence-electron chi connectivity index (χ0n) is 15.2. The van der Waals surface area contributed by atoms with Crippen LogP contribution in [-0.2, 0) is 0 Å². The predicted octanol–water partition coefficient (Wildman–Crippen LogP) is 4.42. The molecule has 0 bridgehead atoms. The van der Waals surface area contributed by atoms with Gasteiger partial charge in [0.25, 0.3) is 5.91 Å². The van der Waals surface area contributed by atoms with Crippen molar-refractivity contribution in [1.29, 1.82) is 0 Å². The van der Waals surface area contributed by atoms with Crippen molar-refractivity contribution in [3.63, 3.8) is 0 Å². The fourth-order valence-corrected chi connectivity index (χ4v) is 2.48. The molecule has 1 aromatic heterocycles. The lowest BCUT2D eigenvalue weighted by Gasteiger charge is -2.10. The van der Waals surface area contributed by atoms with Crippen molar-refractivity contribution in [1.82, 2.24) is 4.98 Å². The largest absolute Gasteiger partial charge is 0.494 e. The molecule has 0 radical (unpaired) electrons. The number of benzene rings is 2. The monoisotopic (exact) mass is 363 g/mol. The first kappa shape index (κ1) is 18.3. The van der Waals surface area contributed by atoms with Crippen LogP contribution in [0.2, 0.25) is 0 Å². The molecule has 0 aliphatic heterocycles. The van der Waals surface area contributed by atoms with Crippen LogP contribution in [0.4, 0.5) is 11.5 Å². The molecule has 138 valence electrons. The summed E-state index contributed by atoms with van der Waals surface area (Å²) in [5.74, 6) is 2.07. The molecule has 27 heavy (non-hydrogen) atoms. The van der Waals surface area contributed by atoms with Gasteiger partial charge in [-0.1, -0.05) is 0 Å². The van der Waals surface area contributed by atoms with Gasteiger partial charge in [-0.25, -0.2) is 4.98 Å². The maximum Gasteiger partial charge on any atom is 0.259 e. The van der Waals surface area contributed by atoms with Crippen LogP contribution in [0, 0.1) is 6.92 Å². The molecule has 0 fully saturated rings. The summed E-state index contributed by atoms with van der Waals surface area (Å²) < 4.78 is 11.2. The number of carbonyl (C=O) groups is 1. The summed E-state index contributed by atoms with van der Waals surface area (Å²) >= 11 is 0. The van der Waals surface area contributed by atoms with Crippen LogP contribution in [0.25, 0.3) is 0 Å². The number of hydrogen-bond donors (Lipinski definition) is 2. The minimum Gasteiger partial charge on any atom is -0.494 e. The molecule has 0 spiro atoms. The molecule has 0 saturated carbocycles. The zero-order chi connectivity index (χ0) is 19.2. The number of nitrogens with one attached hydrogen (secondary N) is 1. The number of hydrogen-bond acceptors (Lipinski definition) is 5. The predicted molar refractivity (Wildman–Crippen MR) is 105 cm³/mol. The number of nitrogens with zero attached hydrogens (tertiary/aromatic N) is 1. The molecule has 3 rings (SSSR count). The first-order valence-electron chi connectivity index (χ1n) is 8.60. The molecule has 2 aromatic carbocycles. The molecule has 0 unspecified atom stereocenters. The van der Waals surface area contributed by atoms with Crippen LogP contribution in [0.1, 0.15) is 23.0 Å².